The summed E-state index contributed by atoms with van der Waals surface area (Å²) in [6.07, 6.45) is 6.57. The minimum absolute atomic E-state index is 0.904. The van der Waals surface area contributed by atoms with Crippen LogP contribution >= 0.6 is 0 Å². The summed E-state index contributed by atoms with van der Waals surface area (Å²) in [5, 5.41) is 8.94. The molecule has 1 aliphatic heterocycles. The van der Waals surface area contributed by atoms with Gasteiger partial charge in [0.05, 0.1) is 17.3 Å². The number of nitriles is 1. The van der Waals surface area contributed by atoms with Gasteiger partial charge in [0.2, 0.25) is 0 Å². The molecule has 0 aromatic carbocycles. The first kappa shape index (κ1) is 10.2. The van der Waals surface area contributed by atoms with E-state index in [0.29, 0.717) is 0 Å². The largest absolute Gasteiger partial charge is 0.363 e. The maximum atomic E-state index is 8.94. The first-order chi connectivity index (χ1) is 7.31. The highest BCUT2D eigenvalue weighted by molar-refractivity contribution is 5.83. The Morgan fingerprint density at radius 1 is 1.20 bits per heavy atom. The van der Waals surface area contributed by atoms with Crippen LogP contribution in [0.25, 0.3) is 0 Å². The summed E-state index contributed by atoms with van der Waals surface area (Å²) in [4.78, 5) is 6.89. The Balaban J connectivity index is 2.18. The number of aliphatic imine (C=N–C) groups is 1. The first-order valence-electron chi connectivity index (χ1n) is 5.72. The lowest BCUT2D eigenvalue weighted by Gasteiger charge is -2.26. The summed E-state index contributed by atoms with van der Waals surface area (Å²) in [6, 6.07) is 2.27. The van der Waals surface area contributed by atoms with Crippen LogP contribution in [-0.4, -0.2) is 24.3 Å². The highest BCUT2D eigenvalue weighted by Crippen LogP contribution is 2.27. The summed E-state index contributed by atoms with van der Waals surface area (Å²) >= 11 is 0. The highest BCUT2D eigenvalue weighted by Gasteiger charge is 2.17. The Morgan fingerprint density at radius 2 is 2.07 bits per heavy atom. The van der Waals surface area contributed by atoms with Crippen molar-refractivity contribution in [1.29, 1.82) is 5.26 Å². The molecule has 0 bridgehead atoms. The monoisotopic (exact) mass is 203 g/mol. The molecule has 3 heteroatoms. The van der Waals surface area contributed by atoms with E-state index in [-0.39, 0.29) is 0 Å². The second-order valence-corrected chi connectivity index (χ2v) is 4.30. The Kier molecular flexibility index (Phi) is 3.05. The van der Waals surface area contributed by atoms with E-state index in [2.05, 4.69) is 23.0 Å². The molecule has 0 saturated carbocycles. The van der Waals surface area contributed by atoms with Crippen LogP contribution in [0.1, 0.15) is 38.5 Å². The molecule has 0 spiro atoms. The van der Waals surface area contributed by atoms with E-state index in [0.717, 1.165) is 43.5 Å². The van der Waals surface area contributed by atoms with Gasteiger partial charge in [-0.25, -0.2) is 4.99 Å². The van der Waals surface area contributed by atoms with Gasteiger partial charge in [0.15, 0.2) is 0 Å². The predicted octanol–water partition coefficient (Wildman–Crippen LogP) is 2.46. The molecule has 2 aliphatic rings. The summed E-state index contributed by atoms with van der Waals surface area (Å²) in [5.41, 5.74) is 1.95. The van der Waals surface area contributed by atoms with Crippen molar-refractivity contribution in [3.05, 3.63) is 11.3 Å². The van der Waals surface area contributed by atoms with Gasteiger partial charge in [0, 0.05) is 20.0 Å². The average molecular weight is 203 g/mol. The molecule has 0 radical (unpaired) electrons. The van der Waals surface area contributed by atoms with Crippen LogP contribution in [0, 0.1) is 11.3 Å². The molecule has 1 heterocycles. The summed E-state index contributed by atoms with van der Waals surface area (Å²) < 4.78 is 0. The van der Waals surface area contributed by atoms with Gasteiger partial charge in [-0.3, -0.25) is 0 Å². The van der Waals surface area contributed by atoms with Crippen molar-refractivity contribution >= 4 is 5.84 Å². The number of amidine groups is 1. The van der Waals surface area contributed by atoms with Gasteiger partial charge < -0.3 is 4.90 Å². The van der Waals surface area contributed by atoms with Crippen LogP contribution in [0.5, 0.6) is 0 Å². The van der Waals surface area contributed by atoms with Crippen molar-refractivity contribution < 1.29 is 0 Å². The zero-order valence-electron chi connectivity index (χ0n) is 9.29. The van der Waals surface area contributed by atoms with Crippen LogP contribution in [0.15, 0.2) is 16.3 Å². The Morgan fingerprint density at radius 3 is 2.80 bits per heavy atom. The molecular formula is C12H17N3. The predicted molar refractivity (Wildman–Crippen MR) is 60.4 cm³/mol. The van der Waals surface area contributed by atoms with Crippen molar-refractivity contribution in [3.63, 3.8) is 0 Å². The van der Waals surface area contributed by atoms with Gasteiger partial charge in [-0.1, -0.05) is 0 Å². The summed E-state index contributed by atoms with van der Waals surface area (Å²) in [6.45, 7) is 1.11. The van der Waals surface area contributed by atoms with Crippen LogP contribution in [0.4, 0.5) is 0 Å². The molecule has 2 rings (SSSR count). The molecule has 0 aromatic rings. The van der Waals surface area contributed by atoms with Crippen molar-refractivity contribution in [2.75, 3.05) is 13.6 Å². The van der Waals surface area contributed by atoms with Crippen LogP contribution in [-0.2, 0) is 0 Å². The number of hydrogen-bond acceptors (Lipinski definition) is 2. The normalized spacial score (nSPS) is 24.8. The van der Waals surface area contributed by atoms with Crippen LogP contribution in [0.2, 0.25) is 0 Å². The summed E-state index contributed by atoms with van der Waals surface area (Å²) in [5.74, 6) is 1.17. The van der Waals surface area contributed by atoms with E-state index in [1.165, 1.54) is 18.7 Å². The average Bonchev–Trinajstić information content (AvgIpc) is 2.69. The maximum Gasteiger partial charge on any atom is 0.104 e. The molecule has 1 saturated heterocycles. The molecule has 15 heavy (non-hydrogen) atoms. The van der Waals surface area contributed by atoms with Crippen molar-refractivity contribution in [3.8, 4) is 6.07 Å². The standard InChI is InChI=1S/C12H17N3/c1-15-8-3-2-7-12(15)14-11-6-4-5-10(11)9-13/h2-8H2,1H3. The smallest absolute Gasteiger partial charge is 0.104 e. The van der Waals surface area contributed by atoms with E-state index < -0.39 is 0 Å². The first-order valence-corrected chi connectivity index (χ1v) is 5.72. The van der Waals surface area contributed by atoms with Crippen molar-refractivity contribution in [1.82, 2.24) is 4.90 Å². The topological polar surface area (TPSA) is 39.4 Å². The van der Waals surface area contributed by atoms with Gasteiger partial charge >= 0.3 is 0 Å². The number of likely N-dealkylation sites (tertiary alicyclic amines) is 1. The number of nitrogens with zero attached hydrogens (tertiary/aromatic N) is 3. The molecular weight excluding hydrogens is 186 g/mol. The fourth-order valence-corrected chi connectivity index (χ4v) is 2.22. The zero-order valence-corrected chi connectivity index (χ0v) is 9.29. The van der Waals surface area contributed by atoms with Gasteiger partial charge in [-0.15, -0.1) is 0 Å². The third-order valence-corrected chi connectivity index (χ3v) is 3.17. The van der Waals surface area contributed by atoms with E-state index in [1.807, 2.05) is 0 Å². The second-order valence-electron chi connectivity index (χ2n) is 4.30. The third kappa shape index (κ3) is 2.20. The van der Waals surface area contributed by atoms with E-state index in [9.17, 15) is 0 Å². The Hall–Kier alpha value is -1.30. The van der Waals surface area contributed by atoms with Gasteiger partial charge in [0.1, 0.15) is 5.84 Å². The zero-order chi connectivity index (χ0) is 10.7. The number of allylic oxidation sites excluding steroid dienone is 2. The van der Waals surface area contributed by atoms with Crippen LogP contribution < -0.4 is 0 Å². The molecule has 0 unspecified atom stereocenters. The fourth-order valence-electron chi connectivity index (χ4n) is 2.22. The lowest BCUT2D eigenvalue weighted by molar-refractivity contribution is 0.433. The minimum Gasteiger partial charge on any atom is -0.363 e. The quantitative estimate of drug-likeness (QED) is 0.656. The lowest BCUT2D eigenvalue weighted by Crippen LogP contribution is -2.31. The van der Waals surface area contributed by atoms with E-state index in [4.69, 9.17) is 5.26 Å². The number of piperidine rings is 1. The lowest BCUT2D eigenvalue weighted by atomic mass is 10.1. The maximum absolute atomic E-state index is 8.94. The van der Waals surface area contributed by atoms with Gasteiger partial charge in [0.25, 0.3) is 0 Å². The second kappa shape index (κ2) is 4.48. The van der Waals surface area contributed by atoms with Gasteiger partial charge in [-0.2, -0.15) is 5.26 Å². The molecule has 80 valence electrons. The van der Waals surface area contributed by atoms with Crippen LogP contribution in [0.3, 0.4) is 0 Å². The van der Waals surface area contributed by atoms with E-state index >= 15 is 0 Å². The molecule has 0 N–H and O–H groups in total. The molecule has 1 fully saturated rings. The molecule has 3 nitrogen and oxygen atoms in total. The number of hydrogen-bond donors (Lipinski definition) is 0. The molecule has 1 aliphatic carbocycles. The minimum atomic E-state index is 0.904. The highest BCUT2D eigenvalue weighted by atomic mass is 15.2. The molecule has 0 atom stereocenters. The summed E-state index contributed by atoms with van der Waals surface area (Å²) in [7, 11) is 2.10. The van der Waals surface area contributed by atoms with Crippen molar-refractivity contribution in [2.24, 2.45) is 4.99 Å². The third-order valence-electron chi connectivity index (χ3n) is 3.17. The Bertz CT molecular complexity index is 346. The SMILES string of the molecule is CN1CCCCC1=NC1=C(C#N)CCC1. The van der Waals surface area contributed by atoms with Crippen molar-refractivity contribution in [2.45, 2.75) is 38.5 Å². The van der Waals surface area contributed by atoms with E-state index in [1.54, 1.807) is 0 Å². The Labute approximate surface area is 91.1 Å². The van der Waals surface area contributed by atoms with Gasteiger partial charge in [-0.05, 0) is 32.1 Å². The molecule has 0 amide bonds. The fraction of sp³-hybridized carbons (Fsp3) is 0.667. The molecule has 0 aromatic heterocycles. The number of rotatable bonds is 1.